The molecule has 9 heteroatoms. The number of nitrogens with one attached hydrogen (secondary N) is 2. The van der Waals surface area contributed by atoms with E-state index in [0.717, 1.165) is 6.07 Å². The monoisotopic (exact) mass is 479 g/mol. The lowest BCUT2D eigenvalue weighted by Crippen LogP contribution is -2.49. The van der Waals surface area contributed by atoms with Crippen molar-refractivity contribution in [1.82, 2.24) is 9.88 Å². The van der Waals surface area contributed by atoms with E-state index in [1.807, 2.05) is 29.2 Å². The van der Waals surface area contributed by atoms with Crippen LogP contribution < -0.4 is 15.5 Å². The number of carbonyl (C=O) groups is 2. The van der Waals surface area contributed by atoms with Crippen LogP contribution in [0.1, 0.15) is 35.7 Å². The number of nitrogens with zero attached hydrogens (tertiary/aromatic N) is 3. The summed E-state index contributed by atoms with van der Waals surface area (Å²) in [6.07, 6.45) is 1.57. The summed E-state index contributed by atoms with van der Waals surface area (Å²) < 4.78 is 27.1. The lowest BCUT2D eigenvalue weighted by molar-refractivity contribution is 0.0741. The van der Waals surface area contributed by atoms with Crippen molar-refractivity contribution in [3.63, 3.8) is 0 Å². The molecular weight excluding hydrogens is 452 g/mol. The first-order valence-electron chi connectivity index (χ1n) is 11.4. The molecule has 1 aromatic heterocycles. The van der Waals surface area contributed by atoms with Gasteiger partial charge in [0.05, 0.1) is 17.4 Å². The fourth-order valence-electron chi connectivity index (χ4n) is 3.86. The molecule has 0 bridgehead atoms. The highest BCUT2D eigenvalue weighted by Gasteiger charge is 2.25. The van der Waals surface area contributed by atoms with E-state index in [1.54, 1.807) is 23.2 Å². The van der Waals surface area contributed by atoms with Gasteiger partial charge >= 0.3 is 6.03 Å². The van der Waals surface area contributed by atoms with E-state index in [1.165, 1.54) is 11.6 Å². The van der Waals surface area contributed by atoms with Crippen LogP contribution in [0.4, 0.5) is 30.8 Å². The number of aromatic nitrogens is 1. The normalized spacial score (nSPS) is 13.6. The molecule has 0 spiro atoms. The van der Waals surface area contributed by atoms with Gasteiger partial charge in [0, 0.05) is 37.9 Å². The third-order valence-corrected chi connectivity index (χ3v) is 5.89. The summed E-state index contributed by atoms with van der Waals surface area (Å²) in [5, 5.41) is 5.56. The zero-order valence-corrected chi connectivity index (χ0v) is 19.6. The largest absolute Gasteiger partial charge is 0.353 e. The first-order chi connectivity index (χ1) is 16.8. The maximum absolute atomic E-state index is 14.0. The van der Waals surface area contributed by atoms with E-state index in [9.17, 15) is 18.4 Å². The maximum atomic E-state index is 14.0. The van der Waals surface area contributed by atoms with Crippen molar-refractivity contribution < 1.29 is 18.4 Å². The molecular formula is C26H27F2N5O2. The number of benzene rings is 2. The number of piperazine rings is 1. The van der Waals surface area contributed by atoms with Crippen molar-refractivity contribution in [3.8, 4) is 0 Å². The molecule has 0 saturated carbocycles. The number of rotatable bonds is 5. The van der Waals surface area contributed by atoms with Crippen molar-refractivity contribution in [2.45, 2.75) is 19.8 Å². The third-order valence-electron chi connectivity index (χ3n) is 5.89. The summed E-state index contributed by atoms with van der Waals surface area (Å²) >= 11 is 0. The summed E-state index contributed by atoms with van der Waals surface area (Å²) in [6, 6.07) is 13.9. The third kappa shape index (κ3) is 5.92. The Bertz CT molecular complexity index is 1190. The Labute approximate surface area is 202 Å². The van der Waals surface area contributed by atoms with Gasteiger partial charge in [0.1, 0.15) is 17.5 Å². The predicted octanol–water partition coefficient (Wildman–Crippen LogP) is 5.09. The van der Waals surface area contributed by atoms with E-state index in [0.29, 0.717) is 55.4 Å². The van der Waals surface area contributed by atoms with E-state index in [-0.39, 0.29) is 11.6 Å². The predicted molar refractivity (Wildman–Crippen MR) is 132 cm³/mol. The molecule has 1 aliphatic heterocycles. The van der Waals surface area contributed by atoms with Gasteiger partial charge in [-0.3, -0.25) is 4.79 Å². The van der Waals surface area contributed by atoms with Crippen molar-refractivity contribution >= 4 is 29.1 Å². The number of pyridine rings is 1. The molecule has 0 atom stereocenters. The lowest BCUT2D eigenvalue weighted by Gasteiger charge is -2.35. The molecule has 0 aliphatic carbocycles. The first-order valence-corrected chi connectivity index (χ1v) is 11.4. The van der Waals surface area contributed by atoms with E-state index in [4.69, 9.17) is 0 Å². The second-order valence-corrected chi connectivity index (χ2v) is 8.66. The minimum atomic E-state index is -0.862. The molecule has 2 heterocycles. The van der Waals surface area contributed by atoms with Gasteiger partial charge < -0.3 is 20.4 Å². The van der Waals surface area contributed by atoms with Crippen LogP contribution in [0.5, 0.6) is 0 Å². The summed E-state index contributed by atoms with van der Waals surface area (Å²) in [7, 11) is 0. The summed E-state index contributed by atoms with van der Waals surface area (Å²) in [5.41, 5.74) is 2.31. The molecule has 4 rings (SSSR count). The SMILES string of the molecule is CC(C)c1ccc(NC(=O)Nc2ccc(N3CCN(C(=O)c4ccc(F)cc4F)CC3)nc2)cc1. The molecule has 35 heavy (non-hydrogen) atoms. The van der Waals surface area contributed by atoms with Crippen molar-refractivity contribution in [1.29, 1.82) is 0 Å². The van der Waals surface area contributed by atoms with Crippen LogP contribution >= 0.6 is 0 Å². The zero-order chi connectivity index (χ0) is 24.9. The summed E-state index contributed by atoms with van der Waals surface area (Å²) in [5.74, 6) is -0.909. The molecule has 0 radical (unpaired) electrons. The molecule has 7 nitrogen and oxygen atoms in total. The van der Waals surface area contributed by atoms with Gasteiger partial charge in [-0.25, -0.2) is 18.6 Å². The van der Waals surface area contributed by atoms with Crippen LogP contribution in [0, 0.1) is 11.6 Å². The molecule has 0 unspecified atom stereocenters. The first kappa shape index (κ1) is 24.1. The van der Waals surface area contributed by atoms with Gasteiger partial charge in [0.25, 0.3) is 5.91 Å². The van der Waals surface area contributed by atoms with Crippen LogP contribution in [0.3, 0.4) is 0 Å². The Morgan fingerprint density at radius 2 is 1.54 bits per heavy atom. The molecule has 2 N–H and O–H groups in total. The Hall–Kier alpha value is -4.01. The minimum Gasteiger partial charge on any atom is -0.353 e. The fourth-order valence-corrected chi connectivity index (χ4v) is 3.86. The van der Waals surface area contributed by atoms with Gasteiger partial charge in [-0.05, 0) is 47.9 Å². The molecule has 1 saturated heterocycles. The number of urea groups is 1. The van der Waals surface area contributed by atoms with Gasteiger partial charge in [0.15, 0.2) is 0 Å². The number of carbonyl (C=O) groups excluding carboxylic acids is 2. The number of anilines is 3. The molecule has 1 fully saturated rings. The van der Waals surface area contributed by atoms with E-state index >= 15 is 0 Å². The van der Waals surface area contributed by atoms with Gasteiger partial charge in [-0.15, -0.1) is 0 Å². The number of hydrogen-bond acceptors (Lipinski definition) is 4. The van der Waals surface area contributed by atoms with E-state index < -0.39 is 17.5 Å². The average molecular weight is 480 g/mol. The molecule has 182 valence electrons. The Kier molecular flexibility index (Phi) is 7.24. The highest BCUT2D eigenvalue weighted by Crippen LogP contribution is 2.20. The molecule has 3 amide bonds. The summed E-state index contributed by atoms with van der Waals surface area (Å²) in [6.45, 7) is 6.02. The fraction of sp³-hybridized carbons (Fsp3) is 0.269. The Morgan fingerprint density at radius 3 is 2.14 bits per heavy atom. The summed E-state index contributed by atoms with van der Waals surface area (Å²) in [4.78, 5) is 32.9. The van der Waals surface area contributed by atoms with Crippen LogP contribution in [0.15, 0.2) is 60.8 Å². The van der Waals surface area contributed by atoms with Crippen molar-refractivity contribution in [2.75, 3.05) is 41.7 Å². The average Bonchev–Trinajstić information content (AvgIpc) is 2.84. The Balaban J connectivity index is 1.29. The van der Waals surface area contributed by atoms with Gasteiger partial charge in [0.2, 0.25) is 0 Å². The highest BCUT2D eigenvalue weighted by atomic mass is 19.1. The standard InChI is InChI=1S/C26H27F2N5O2/c1-17(2)18-3-6-20(7-4-18)30-26(35)31-21-8-10-24(29-16-21)32-11-13-33(14-12-32)25(34)22-9-5-19(27)15-23(22)28/h3-10,15-17H,11-14H2,1-2H3,(H2,30,31,35). The van der Waals surface area contributed by atoms with Crippen LogP contribution in [-0.2, 0) is 0 Å². The minimum absolute atomic E-state index is 0.137. The number of hydrogen-bond donors (Lipinski definition) is 2. The Morgan fingerprint density at radius 1 is 0.886 bits per heavy atom. The molecule has 3 aromatic rings. The second-order valence-electron chi connectivity index (χ2n) is 8.66. The molecule has 2 aromatic carbocycles. The van der Waals surface area contributed by atoms with Gasteiger partial charge in [-0.2, -0.15) is 0 Å². The van der Waals surface area contributed by atoms with Crippen LogP contribution in [-0.4, -0.2) is 48.0 Å². The van der Waals surface area contributed by atoms with Crippen molar-refractivity contribution in [2.24, 2.45) is 0 Å². The number of halogens is 2. The van der Waals surface area contributed by atoms with Crippen LogP contribution in [0.2, 0.25) is 0 Å². The highest BCUT2D eigenvalue weighted by molar-refractivity contribution is 5.99. The van der Waals surface area contributed by atoms with Crippen molar-refractivity contribution in [3.05, 3.63) is 83.6 Å². The van der Waals surface area contributed by atoms with Crippen LogP contribution in [0.25, 0.3) is 0 Å². The second kappa shape index (κ2) is 10.5. The maximum Gasteiger partial charge on any atom is 0.323 e. The smallest absolute Gasteiger partial charge is 0.323 e. The zero-order valence-electron chi connectivity index (χ0n) is 19.6. The quantitative estimate of drug-likeness (QED) is 0.535. The number of amides is 3. The topological polar surface area (TPSA) is 77.6 Å². The van der Waals surface area contributed by atoms with E-state index in [2.05, 4.69) is 29.5 Å². The molecule has 1 aliphatic rings. The lowest BCUT2D eigenvalue weighted by atomic mass is 10.0. The van der Waals surface area contributed by atoms with Gasteiger partial charge in [-0.1, -0.05) is 26.0 Å².